The van der Waals surface area contributed by atoms with Gasteiger partial charge in [-0.05, 0) is 51.9 Å². The number of rotatable bonds is 4. The summed E-state index contributed by atoms with van der Waals surface area (Å²) in [5.41, 5.74) is 0. The zero-order valence-corrected chi connectivity index (χ0v) is 9.66. The van der Waals surface area contributed by atoms with Crippen LogP contribution in [-0.2, 0) is 4.74 Å². The molecule has 0 aromatic heterocycles. The maximum atomic E-state index is 5.34. The van der Waals surface area contributed by atoms with Gasteiger partial charge in [0.1, 0.15) is 0 Å². The van der Waals surface area contributed by atoms with Gasteiger partial charge in [-0.3, -0.25) is 4.90 Å². The molecule has 0 spiro atoms. The van der Waals surface area contributed by atoms with Gasteiger partial charge in [0.15, 0.2) is 0 Å². The summed E-state index contributed by atoms with van der Waals surface area (Å²) < 4.78 is 5.34. The second-order valence-electron chi connectivity index (χ2n) is 4.52. The van der Waals surface area contributed by atoms with Crippen molar-refractivity contribution in [3.8, 4) is 0 Å². The lowest BCUT2D eigenvalue weighted by Gasteiger charge is -2.29. The van der Waals surface area contributed by atoms with E-state index in [0.29, 0.717) is 0 Å². The van der Waals surface area contributed by atoms with E-state index in [4.69, 9.17) is 4.74 Å². The van der Waals surface area contributed by atoms with E-state index in [2.05, 4.69) is 16.2 Å². The minimum Gasteiger partial charge on any atom is -0.379 e. The molecule has 2 aliphatic rings. The Hall–Kier alpha value is -0.120. The summed E-state index contributed by atoms with van der Waals surface area (Å²) in [4.78, 5) is 5.13. The number of hydrogen-bond donors (Lipinski definition) is 0. The molecule has 2 aliphatic heterocycles. The van der Waals surface area contributed by atoms with E-state index in [1.807, 2.05) is 0 Å². The van der Waals surface area contributed by atoms with Crippen LogP contribution in [0.1, 0.15) is 19.3 Å². The molecule has 0 aromatic carbocycles. The quantitative estimate of drug-likeness (QED) is 0.690. The van der Waals surface area contributed by atoms with E-state index >= 15 is 0 Å². The monoisotopic (exact) mass is 211 g/mol. The molecule has 0 N–H and O–H groups in total. The topological polar surface area (TPSA) is 15.7 Å². The Bertz CT molecular complexity index is 145. The predicted molar refractivity (Wildman–Crippen MR) is 61.9 cm³/mol. The summed E-state index contributed by atoms with van der Waals surface area (Å²) in [5, 5.41) is 0. The molecule has 2 heterocycles. The molecule has 0 bridgehead atoms. The van der Waals surface area contributed by atoms with E-state index in [9.17, 15) is 0 Å². The third kappa shape index (κ3) is 4.09. The highest BCUT2D eigenvalue weighted by Gasteiger charge is 2.12. The van der Waals surface area contributed by atoms with E-state index in [1.165, 1.54) is 45.4 Å². The lowest BCUT2D eigenvalue weighted by Crippen LogP contribution is -2.38. The van der Waals surface area contributed by atoms with Gasteiger partial charge < -0.3 is 9.64 Å². The van der Waals surface area contributed by atoms with Crippen LogP contribution in [-0.4, -0.2) is 62.3 Å². The zero-order valence-electron chi connectivity index (χ0n) is 9.66. The molecule has 0 saturated carbocycles. The molecule has 0 amide bonds. The normalized spacial score (nSPS) is 25.6. The molecule has 2 fully saturated rings. The summed E-state index contributed by atoms with van der Waals surface area (Å²) in [5.74, 6) is 0. The first kappa shape index (κ1) is 11.4. The van der Waals surface area contributed by atoms with Crippen molar-refractivity contribution in [3.05, 3.63) is 6.42 Å². The van der Waals surface area contributed by atoms with Crippen LogP contribution in [0.3, 0.4) is 0 Å². The molecular weight excluding hydrogens is 188 g/mol. The molecule has 87 valence electrons. The van der Waals surface area contributed by atoms with Crippen molar-refractivity contribution in [3.63, 3.8) is 0 Å². The number of likely N-dealkylation sites (tertiary alicyclic amines) is 1. The summed E-state index contributed by atoms with van der Waals surface area (Å²) >= 11 is 0. The van der Waals surface area contributed by atoms with Gasteiger partial charge in [-0.2, -0.15) is 0 Å². The standard InChI is InChI=1S/C12H23N2O/c1-2-5-13(6-3-1)7-4-8-14-9-11-15-12-10-14/h1H,2-12H2. The van der Waals surface area contributed by atoms with Crippen LogP contribution in [0.25, 0.3) is 0 Å². The minimum absolute atomic E-state index is 0.929. The Morgan fingerprint density at radius 3 is 2.13 bits per heavy atom. The van der Waals surface area contributed by atoms with Crippen LogP contribution < -0.4 is 0 Å². The Labute approximate surface area is 93.4 Å². The average Bonchev–Trinajstić information content (AvgIpc) is 2.32. The number of piperidine rings is 1. The van der Waals surface area contributed by atoms with Crippen LogP contribution in [0.4, 0.5) is 0 Å². The van der Waals surface area contributed by atoms with Gasteiger partial charge in [0.25, 0.3) is 0 Å². The Balaban J connectivity index is 1.53. The Morgan fingerprint density at radius 2 is 1.47 bits per heavy atom. The maximum Gasteiger partial charge on any atom is 0.0594 e. The fourth-order valence-corrected chi connectivity index (χ4v) is 2.37. The second-order valence-corrected chi connectivity index (χ2v) is 4.52. The number of nitrogens with zero attached hydrogens (tertiary/aromatic N) is 2. The summed E-state index contributed by atoms with van der Waals surface area (Å²) in [6.45, 7) is 9.22. The van der Waals surface area contributed by atoms with Gasteiger partial charge in [0, 0.05) is 13.1 Å². The van der Waals surface area contributed by atoms with Gasteiger partial charge in [-0.25, -0.2) is 0 Å². The molecule has 3 heteroatoms. The predicted octanol–water partition coefficient (Wildman–Crippen LogP) is 1.01. The molecule has 0 aliphatic carbocycles. The molecule has 1 radical (unpaired) electrons. The first-order valence-corrected chi connectivity index (χ1v) is 6.29. The Kier molecular flexibility index (Phi) is 4.90. The highest BCUT2D eigenvalue weighted by Crippen LogP contribution is 2.08. The average molecular weight is 211 g/mol. The fourth-order valence-electron chi connectivity index (χ4n) is 2.37. The molecule has 15 heavy (non-hydrogen) atoms. The molecule has 2 rings (SSSR count). The maximum absolute atomic E-state index is 5.34. The first-order chi connectivity index (χ1) is 7.45. The smallest absolute Gasteiger partial charge is 0.0594 e. The van der Waals surface area contributed by atoms with Gasteiger partial charge >= 0.3 is 0 Å². The highest BCUT2D eigenvalue weighted by atomic mass is 16.5. The van der Waals surface area contributed by atoms with Gasteiger partial charge in [0.2, 0.25) is 0 Å². The molecule has 0 unspecified atom stereocenters. The van der Waals surface area contributed by atoms with E-state index in [-0.39, 0.29) is 0 Å². The lowest BCUT2D eigenvalue weighted by atomic mass is 10.1. The van der Waals surface area contributed by atoms with Crippen molar-refractivity contribution < 1.29 is 4.74 Å². The molecular formula is C12H23N2O. The third-order valence-electron chi connectivity index (χ3n) is 3.35. The van der Waals surface area contributed by atoms with E-state index < -0.39 is 0 Å². The zero-order chi connectivity index (χ0) is 10.3. The van der Waals surface area contributed by atoms with Crippen molar-refractivity contribution in [2.24, 2.45) is 0 Å². The summed E-state index contributed by atoms with van der Waals surface area (Å²) in [7, 11) is 0. The second kappa shape index (κ2) is 6.46. The van der Waals surface area contributed by atoms with Gasteiger partial charge in [-0.15, -0.1) is 0 Å². The van der Waals surface area contributed by atoms with Crippen molar-refractivity contribution in [1.29, 1.82) is 0 Å². The number of hydrogen-bond acceptors (Lipinski definition) is 3. The Morgan fingerprint density at radius 1 is 0.867 bits per heavy atom. The molecule has 0 aromatic rings. The third-order valence-corrected chi connectivity index (χ3v) is 3.35. The van der Waals surface area contributed by atoms with Crippen LogP contribution in [0.2, 0.25) is 0 Å². The minimum atomic E-state index is 0.929. The van der Waals surface area contributed by atoms with Crippen LogP contribution in [0.5, 0.6) is 0 Å². The molecule has 0 atom stereocenters. The van der Waals surface area contributed by atoms with Crippen molar-refractivity contribution >= 4 is 0 Å². The summed E-state index contributed by atoms with van der Waals surface area (Å²) in [6, 6.07) is 0. The molecule has 3 nitrogen and oxygen atoms in total. The fraction of sp³-hybridized carbons (Fsp3) is 0.917. The van der Waals surface area contributed by atoms with Crippen LogP contribution >= 0.6 is 0 Å². The number of morpholine rings is 1. The highest BCUT2D eigenvalue weighted by molar-refractivity contribution is 4.76. The largest absolute Gasteiger partial charge is 0.379 e. The summed E-state index contributed by atoms with van der Waals surface area (Å²) in [6.07, 6.45) is 6.31. The van der Waals surface area contributed by atoms with Gasteiger partial charge in [0.05, 0.1) is 13.2 Å². The van der Waals surface area contributed by atoms with E-state index in [0.717, 1.165) is 26.3 Å². The molecule has 2 saturated heterocycles. The van der Waals surface area contributed by atoms with Crippen molar-refractivity contribution in [2.45, 2.75) is 19.3 Å². The van der Waals surface area contributed by atoms with Gasteiger partial charge in [-0.1, -0.05) is 0 Å². The van der Waals surface area contributed by atoms with Crippen molar-refractivity contribution in [1.82, 2.24) is 9.80 Å². The SMILES string of the molecule is [CH]1CCN(CCCN2CCOCC2)CC1. The first-order valence-electron chi connectivity index (χ1n) is 6.29. The van der Waals surface area contributed by atoms with Crippen LogP contribution in [0.15, 0.2) is 0 Å². The van der Waals surface area contributed by atoms with Crippen molar-refractivity contribution in [2.75, 3.05) is 52.5 Å². The van der Waals surface area contributed by atoms with Crippen LogP contribution in [0, 0.1) is 6.42 Å². The number of ether oxygens (including phenoxy) is 1. The lowest BCUT2D eigenvalue weighted by molar-refractivity contribution is 0.0360. The van der Waals surface area contributed by atoms with E-state index in [1.54, 1.807) is 0 Å².